The second-order valence-corrected chi connectivity index (χ2v) is 7.10. The molecule has 0 aliphatic carbocycles. The van der Waals surface area contributed by atoms with Crippen molar-refractivity contribution in [2.75, 3.05) is 6.54 Å². The quantitative estimate of drug-likeness (QED) is 0.701. The molecule has 26 heavy (non-hydrogen) atoms. The Bertz CT molecular complexity index is 895. The molecule has 1 saturated heterocycles. The molecule has 1 aromatic carbocycles. The smallest absolute Gasteiger partial charge is 0.267 e. The van der Waals surface area contributed by atoms with E-state index in [0.717, 1.165) is 5.56 Å². The fourth-order valence-corrected chi connectivity index (χ4v) is 3.87. The largest absolute Gasteiger partial charge is 0.322 e. The number of hydrogen-bond donors (Lipinski definition) is 0. The zero-order valence-electron chi connectivity index (χ0n) is 13.8. The van der Waals surface area contributed by atoms with Crippen LogP contribution >= 0.6 is 11.3 Å². The summed E-state index contributed by atoms with van der Waals surface area (Å²) in [5.41, 5.74) is 1.43. The van der Waals surface area contributed by atoms with Crippen LogP contribution in [0.1, 0.15) is 34.2 Å². The summed E-state index contributed by atoms with van der Waals surface area (Å²) in [4.78, 5) is 13.9. The molecule has 1 aliphatic heterocycles. The number of nitrogens with zero attached hydrogens (tertiary/aromatic N) is 4. The van der Waals surface area contributed by atoms with Crippen molar-refractivity contribution >= 4 is 17.2 Å². The van der Waals surface area contributed by atoms with Crippen molar-refractivity contribution in [2.45, 2.75) is 24.9 Å². The molecule has 0 radical (unpaired) electrons. The van der Waals surface area contributed by atoms with Crippen LogP contribution in [0.3, 0.4) is 0 Å². The van der Waals surface area contributed by atoms with Crippen LogP contribution in [0, 0.1) is 0 Å². The minimum absolute atomic E-state index is 0.384. The first-order valence-electron chi connectivity index (χ1n) is 8.16. The van der Waals surface area contributed by atoms with Gasteiger partial charge in [0.25, 0.3) is 11.8 Å². The maximum absolute atomic E-state index is 14.1. The van der Waals surface area contributed by atoms with Crippen LogP contribution in [0.5, 0.6) is 0 Å². The molecule has 8 heteroatoms. The Balaban J connectivity index is 1.65. The number of aromatic nitrogens is 3. The number of hydrogen-bond acceptors (Lipinski definition) is 4. The fraction of sp³-hybridized carbons (Fsp3) is 0.278. The van der Waals surface area contributed by atoms with Crippen LogP contribution in [0.25, 0.3) is 0 Å². The Morgan fingerprint density at radius 2 is 2.08 bits per heavy atom. The van der Waals surface area contributed by atoms with Gasteiger partial charge < -0.3 is 9.47 Å². The standard InChI is InChI=1S/C18H16F2N4OS/c19-18(20)8-15(24(11-18)17(25)14-6-7-26-10-14)16-22-21-12-23(16)9-13-4-2-1-3-5-13/h1-7,10,12,15H,8-9,11H2. The molecule has 1 atom stereocenters. The van der Waals surface area contributed by atoms with Gasteiger partial charge in [-0.2, -0.15) is 11.3 Å². The SMILES string of the molecule is O=C(c1ccsc1)N1CC(F)(F)CC1c1nncn1Cc1ccccc1. The Morgan fingerprint density at radius 1 is 1.27 bits per heavy atom. The van der Waals surface area contributed by atoms with Crippen LogP contribution in [-0.4, -0.2) is 38.0 Å². The lowest BCUT2D eigenvalue weighted by atomic mass is 10.1. The van der Waals surface area contributed by atoms with Gasteiger partial charge in [0, 0.05) is 11.8 Å². The van der Waals surface area contributed by atoms with E-state index >= 15 is 0 Å². The van der Waals surface area contributed by atoms with E-state index in [0.29, 0.717) is 17.9 Å². The maximum atomic E-state index is 14.1. The normalized spacial score (nSPS) is 19.0. The van der Waals surface area contributed by atoms with Gasteiger partial charge in [0.15, 0.2) is 5.82 Å². The second kappa shape index (κ2) is 6.60. The number of rotatable bonds is 4. The first-order valence-corrected chi connectivity index (χ1v) is 9.10. The van der Waals surface area contributed by atoms with Crippen LogP contribution < -0.4 is 0 Å². The van der Waals surface area contributed by atoms with E-state index in [2.05, 4.69) is 10.2 Å². The summed E-state index contributed by atoms with van der Waals surface area (Å²) in [5, 5.41) is 11.4. The molecular formula is C18H16F2N4OS. The van der Waals surface area contributed by atoms with Crippen molar-refractivity contribution in [3.05, 3.63) is 70.4 Å². The van der Waals surface area contributed by atoms with Gasteiger partial charge in [-0.15, -0.1) is 10.2 Å². The minimum atomic E-state index is -2.94. The van der Waals surface area contributed by atoms with Gasteiger partial charge in [-0.3, -0.25) is 4.79 Å². The summed E-state index contributed by atoms with van der Waals surface area (Å²) in [6, 6.07) is 10.5. The minimum Gasteiger partial charge on any atom is -0.322 e. The van der Waals surface area contributed by atoms with Crippen LogP contribution in [0.4, 0.5) is 8.78 Å². The lowest BCUT2D eigenvalue weighted by Gasteiger charge is -2.23. The Labute approximate surface area is 152 Å². The van der Waals surface area contributed by atoms with Crippen LogP contribution in [0.15, 0.2) is 53.5 Å². The third-order valence-electron chi connectivity index (χ3n) is 4.44. The third kappa shape index (κ3) is 3.24. The van der Waals surface area contributed by atoms with E-state index in [4.69, 9.17) is 0 Å². The maximum Gasteiger partial charge on any atom is 0.267 e. The van der Waals surface area contributed by atoms with Crippen molar-refractivity contribution < 1.29 is 13.6 Å². The van der Waals surface area contributed by atoms with Crippen molar-refractivity contribution in [2.24, 2.45) is 0 Å². The molecule has 1 fully saturated rings. The lowest BCUT2D eigenvalue weighted by molar-refractivity contribution is 0.0117. The summed E-state index contributed by atoms with van der Waals surface area (Å²) >= 11 is 1.36. The molecule has 134 valence electrons. The van der Waals surface area contributed by atoms with Gasteiger partial charge in [0.05, 0.1) is 24.7 Å². The highest BCUT2D eigenvalue weighted by Gasteiger charge is 2.49. The number of amides is 1. The molecular weight excluding hydrogens is 358 g/mol. The van der Waals surface area contributed by atoms with Crippen molar-refractivity contribution in [3.63, 3.8) is 0 Å². The second-order valence-electron chi connectivity index (χ2n) is 6.32. The monoisotopic (exact) mass is 374 g/mol. The molecule has 0 spiro atoms. The molecule has 1 amide bonds. The van der Waals surface area contributed by atoms with E-state index in [1.165, 1.54) is 22.6 Å². The number of thiophene rings is 1. The van der Waals surface area contributed by atoms with E-state index in [-0.39, 0.29) is 0 Å². The van der Waals surface area contributed by atoms with E-state index in [9.17, 15) is 13.6 Å². The number of carbonyl (C=O) groups excluding carboxylic acids is 1. The van der Waals surface area contributed by atoms with Crippen molar-refractivity contribution in [1.82, 2.24) is 19.7 Å². The highest BCUT2D eigenvalue weighted by molar-refractivity contribution is 7.08. The molecule has 0 bridgehead atoms. The Morgan fingerprint density at radius 3 is 2.81 bits per heavy atom. The van der Waals surface area contributed by atoms with Gasteiger partial charge >= 0.3 is 0 Å². The summed E-state index contributed by atoms with van der Waals surface area (Å²) in [6.45, 7) is -0.143. The van der Waals surface area contributed by atoms with Gasteiger partial charge in [-0.25, -0.2) is 8.78 Å². The number of carbonyl (C=O) groups is 1. The van der Waals surface area contributed by atoms with E-state index in [1.54, 1.807) is 21.4 Å². The van der Waals surface area contributed by atoms with Crippen LogP contribution in [-0.2, 0) is 6.54 Å². The van der Waals surface area contributed by atoms with Crippen molar-refractivity contribution in [1.29, 1.82) is 0 Å². The number of benzene rings is 1. The number of halogens is 2. The van der Waals surface area contributed by atoms with Crippen molar-refractivity contribution in [3.8, 4) is 0 Å². The summed E-state index contributed by atoms with van der Waals surface area (Å²) < 4.78 is 30.0. The van der Waals surface area contributed by atoms with Gasteiger partial charge in [0.2, 0.25) is 0 Å². The highest BCUT2D eigenvalue weighted by atomic mass is 32.1. The first kappa shape index (κ1) is 16.8. The van der Waals surface area contributed by atoms with E-state index < -0.39 is 30.8 Å². The predicted molar refractivity (Wildman–Crippen MR) is 93.2 cm³/mol. The zero-order chi connectivity index (χ0) is 18.1. The summed E-state index contributed by atoms with van der Waals surface area (Å²) in [7, 11) is 0. The molecule has 0 saturated carbocycles. The molecule has 2 aromatic heterocycles. The number of alkyl halides is 2. The predicted octanol–water partition coefficient (Wildman–Crippen LogP) is 3.61. The fourth-order valence-electron chi connectivity index (χ4n) is 3.24. The average Bonchev–Trinajstić information content (AvgIpc) is 3.35. The first-order chi connectivity index (χ1) is 12.5. The summed E-state index contributed by atoms with van der Waals surface area (Å²) in [6.07, 6.45) is 1.07. The Hall–Kier alpha value is -2.61. The lowest BCUT2D eigenvalue weighted by Crippen LogP contribution is -2.33. The Kier molecular flexibility index (Phi) is 4.28. The molecule has 3 aromatic rings. The van der Waals surface area contributed by atoms with Gasteiger partial charge in [-0.05, 0) is 17.0 Å². The van der Waals surface area contributed by atoms with Gasteiger partial charge in [0.1, 0.15) is 6.33 Å². The number of likely N-dealkylation sites (tertiary alicyclic amines) is 1. The molecule has 1 unspecified atom stereocenters. The highest BCUT2D eigenvalue weighted by Crippen LogP contribution is 2.41. The molecule has 4 rings (SSSR count). The molecule has 5 nitrogen and oxygen atoms in total. The summed E-state index contributed by atoms with van der Waals surface area (Å²) in [5.74, 6) is -2.96. The van der Waals surface area contributed by atoms with Crippen LogP contribution in [0.2, 0.25) is 0 Å². The molecule has 0 N–H and O–H groups in total. The molecule has 1 aliphatic rings. The third-order valence-corrected chi connectivity index (χ3v) is 5.12. The average molecular weight is 374 g/mol. The van der Waals surface area contributed by atoms with E-state index in [1.807, 2.05) is 30.3 Å². The van der Waals surface area contributed by atoms with Gasteiger partial charge in [-0.1, -0.05) is 30.3 Å². The zero-order valence-corrected chi connectivity index (χ0v) is 14.6. The topological polar surface area (TPSA) is 51.0 Å². The molecule has 3 heterocycles.